The molecule has 0 bridgehead atoms. The second-order valence-electron chi connectivity index (χ2n) is 7.24. The molecule has 148 valence electrons. The Morgan fingerprint density at radius 3 is 2.43 bits per heavy atom. The fraction of sp³-hybridized carbons (Fsp3) is 0.333. The number of primary amides is 2. The van der Waals surface area contributed by atoms with E-state index in [2.05, 4.69) is 4.90 Å². The maximum absolute atomic E-state index is 11.9. The second kappa shape index (κ2) is 8.63. The van der Waals surface area contributed by atoms with Crippen molar-refractivity contribution in [2.75, 3.05) is 13.1 Å². The molecule has 7 heteroatoms. The van der Waals surface area contributed by atoms with Gasteiger partial charge in [0.1, 0.15) is 11.5 Å². The fourth-order valence-electron chi connectivity index (χ4n) is 3.60. The van der Waals surface area contributed by atoms with Crippen LogP contribution in [0.15, 0.2) is 48.5 Å². The first-order valence-corrected chi connectivity index (χ1v) is 9.58. The molecule has 2 amide bonds. The van der Waals surface area contributed by atoms with E-state index in [1.165, 1.54) is 0 Å². The Hall–Kier alpha value is -2.57. The zero-order valence-corrected chi connectivity index (χ0v) is 16.3. The quantitative estimate of drug-likeness (QED) is 0.744. The average molecular weight is 402 g/mol. The molecule has 1 saturated heterocycles. The number of benzene rings is 2. The normalized spacial score (nSPS) is 16.5. The maximum Gasteiger partial charge on any atom is 0.224 e. The van der Waals surface area contributed by atoms with Gasteiger partial charge >= 0.3 is 0 Å². The van der Waals surface area contributed by atoms with Gasteiger partial charge in [0, 0.05) is 13.0 Å². The number of piperidine rings is 1. The lowest BCUT2D eigenvalue weighted by atomic mass is 9.74. The molecule has 1 fully saturated rings. The first-order chi connectivity index (χ1) is 13.4. The molecule has 0 saturated carbocycles. The van der Waals surface area contributed by atoms with E-state index in [9.17, 15) is 9.59 Å². The molecule has 1 aliphatic heterocycles. The van der Waals surface area contributed by atoms with Crippen LogP contribution in [-0.2, 0) is 16.1 Å². The van der Waals surface area contributed by atoms with Crippen LogP contribution in [0.2, 0.25) is 5.02 Å². The number of amides is 2. The van der Waals surface area contributed by atoms with Gasteiger partial charge in [0.15, 0.2) is 0 Å². The highest BCUT2D eigenvalue weighted by molar-refractivity contribution is 6.32. The summed E-state index contributed by atoms with van der Waals surface area (Å²) in [6.07, 6.45) is 1.07. The Bertz CT molecular complexity index is 863. The Morgan fingerprint density at radius 2 is 1.79 bits per heavy atom. The third-order valence-electron chi connectivity index (χ3n) is 5.22. The highest BCUT2D eigenvalue weighted by atomic mass is 35.5. The molecule has 1 heterocycles. The van der Waals surface area contributed by atoms with E-state index in [0.29, 0.717) is 49.0 Å². The highest BCUT2D eigenvalue weighted by Crippen LogP contribution is 2.35. The van der Waals surface area contributed by atoms with E-state index in [0.717, 1.165) is 5.56 Å². The van der Waals surface area contributed by atoms with Gasteiger partial charge in [-0.2, -0.15) is 0 Å². The van der Waals surface area contributed by atoms with Crippen LogP contribution in [0.25, 0.3) is 0 Å². The SMILES string of the molecule is NC(=O)CC1(C(N)=O)CCN(Cc2cccc(Oc3ccccc3Cl)c2)CC1. The number of ether oxygens (including phenoxy) is 1. The minimum absolute atomic E-state index is 0.0112. The molecule has 0 aliphatic carbocycles. The van der Waals surface area contributed by atoms with Gasteiger partial charge in [0.05, 0.1) is 10.4 Å². The van der Waals surface area contributed by atoms with E-state index in [4.69, 9.17) is 27.8 Å². The summed E-state index contributed by atoms with van der Waals surface area (Å²) in [6, 6.07) is 15.2. The number of hydrogen-bond donors (Lipinski definition) is 2. The predicted molar refractivity (Wildman–Crippen MR) is 108 cm³/mol. The van der Waals surface area contributed by atoms with E-state index in [1.807, 2.05) is 42.5 Å². The third-order valence-corrected chi connectivity index (χ3v) is 5.53. The van der Waals surface area contributed by atoms with Crippen LogP contribution >= 0.6 is 11.6 Å². The van der Waals surface area contributed by atoms with Crippen molar-refractivity contribution < 1.29 is 14.3 Å². The molecule has 3 rings (SSSR count). The van der Waals surface area contributed by atoms with Crippen molar-refractivity contribution in [2.45, 2.75) is 25.8 Å². The number of nitrogens with zero attached hydrogens (tertiary/aromatic N) is 1. The van der Waals surface area contributed by atoms with Gasteiger partial charge in [0.25, 0.3) is 0 Å². The lowest BCUT2D eigenvalue weighted by Gasteiger charge is -2.39. The van der Waals surface area contributed by atoms with Gasteiger partial charge in [-0.25, -0.2) is 0 Å². The topological polar surface area (TPSA) is 98.7 Å². The van der Waals surface area contributed by atoms with E-state index in [-0.39, 0.29) is 6.42 Å². The zero-order valence-electron chi connectivity index (χ0n) is 15.6. The van der Waals surface area contributed by atoms with Crippen molar-refractivity contribution in [3.05, 3.63) is 59.1 Å². The maximum atomic E-state index is 11.9. The molecule has 1 aliphatic rings. The minimum atomic E-state index is -0.822. The van der Waals surface area contributed by atoms with Crippen LogP contribution in [0.1, 0.15) is 24.8 Å². The van der Waals surface area contributed by atoms with E-state index < -0.39 is 17.2 Å². The lowest BCUT2D eigenvalue weighted by molar-refractivity contribution is -0.136. The summed E-state index contributed by atoms with van der Waals surface area (Å²) in [5.41, 5.74) is 11.1. The molecule has 0 unspecified atom stereocenters. The van der Waals surface area contributed by atoms with Crippen LogP contribution in [0.5, 0.6) is 11.5 Å². The Morgan fingerprint density at radius 1 is 1.07 bits per heavy atom. The third kappa shape index (κ3) is 4.82. The van der Waals surface area contributed by atoms with Crippen molar-refractivity contribution in [3.63, 3.8) is 0 Å². The molecule has 0 spiro atoms. The molecule has 6 nitrogen and oxygen atoms in total. The van der Waals surface area contributed by atoms with Gasteiger partial charge in [-0.05, 0) is 55.8 Å². The van der Waals surface area contributed by atoms with Crippen LogP contribution in [0.4, 0.5) is 0 Å². The zero-order chi connectivity index (χ0) is 20.1. The monoisotopic (exact) mass is 401 g/mol. The van der Waals surface area contributed by atoms with Crippen molar-refractivity contribution >= 4 is 23.4 Å². The largest absolute Gasteiger partial charge is 0.456 e. The van der Waals surface area contributed by atoms with Crippen molar-refractivity contribution in [1.29, 1.82) is 0 Å². The lowest BCUT2D eigenvalue weighted by Crippen LogP contribution is -2.48. The fourth-order valence-corrected chi connectivity index (χ4v) is 3.78. The first kappa shape index (κ1) is 20.2. The second-order valence-corrected chi connectivity index (χ2v) is 7.65. The minimum Gasteiger partial charge on any atom is -0.456 e. The Kier molecular flexibility index (Phi) is 6.21. The number of hydrogen-bond acceptors (Lipinski definition) is 4. The van der Waals surface area contributed by atoms with Gasteiger partial charge in [-0.3, -0.25) is 14.5 Å². The molecular formula is C21H24ClN3O3. The van der Waals surface area contributed by atoms with Gasteiger partial charge < -0.3 is 16.2 Å². The standard InChI is InChI=1S/C21H24ClN3O3/c22-17-6-1-2-7-18(17)28-16-5-3-4-15(12-16)14-25-10-8-21(9-11-25,20(24)27)13-19(23)26/h1-7,12H,8-11,13-14H2,(H2,23,26)(H2,24,27). The summed E-state index contributed by atoms with van der Waals surface area (Å²) < 4.78 is 5.88. The summed E-state index contributed by atoms with van der Waals surface area (Å²) in [4.78, 5) is 25.5. The van der Waals surface area contributed by atoms with E-state index >= 15 is 0 Å². The van der Waals surface area contributed by atoms with Crippen LogP contribution in [0, 0.1) is 5.41 Å². The summed E-state index contributed by atoms with van der Waals surface area (Å²) in [5, 5.41) is 0.557. The molecule has 0 atom stereocenters. The van der Waals surface area contributed by atoms with Gasteiger partial charge in [0.2, 0.25) is 11.8 Å². The van der Waals surface area contributed by atoms with Crippen molar-refractivity contribution in [3.8, 4) is 11.5 Å². The number of nitrogens with two attached hydrogens (primary N) is 2. The molecular weight excluding hydrogens is 378 g/mol. The average Bonchev–Trinajstić information content (AvgIpc) is 2.65. The highest BCUT2D eigenvalue weighted by Gasteiger charge is 2.41. The predicted octanol–water partition coefficient (Wildman–Crippen LogP) is 3.08. The molecule has 0 aromatic heterocycles. The first-order valence-electron chi connectivity index (χ1n) is 9.20. The summed E-state index contributed by atoms with van der Waals surface area (Å²) >= 11 is 6.15. The number of carbonyl (C=O) groups is 2. The van der Waals surface area contributed by atoms with Crippen LogP contribution < -0.4 is 16.2 Å². The van der Waals surface area contributed by atoms with Gasteiger partial charge in [-0.15, -0.1) is 0 Å². The number of carbonyl (C=O) groups excluding carboxylic acids is 2. The number of halogens is 1. The Balaban J connectivity index is 1.63. The van der Waals surface area contributed by atoms with Crippen LogP contribution in [-0.4, -0.2) is 29.8 Å². The van der Waals surface area contributed by atoms with Crippen molar-refractivity contribution in [2.24, 2.45) is 16.9 Å². The van der Waals surface area contributed by atoms with Gasteiger partial charge in [-0.1, -0.05) is 35.9 Å². The smallest absolute Gasteiger partial charge is 0.224 e. The number of likely N-dealkylation sites (tertiary alicyclic amines) is 1. The summed E-state index contributed by atoms with van der Waals surface area (Å²) in [5.74, 6) is 0.387. The summed E-state index contributed by atoms with van der Waals surface area (Å²) in [7, 11) is 0. The Labute approximate surface area is 169 Å². The summed E-state index contributed by atoms with van der Waals surface area (Å²) in [6.45, 7) is 2.06. The molecule has 0 radical (unpaired) electrons. The number of para-hydroxylation sites is 1. The molecule has 28 heavy (non-hydrogen) atoms. The number of rotatable bonds is 7. The van der Waals surface area contributed by atoms with E-state index in [1.54, 1.807) is 6.07 Å². The van der Waals surface area contributed by atoms with Crippen molar-refractivity contribution in [1.82, 2.24) is 4.90 Å². The van der Waals surface area contributed by atoms with Crippen LogP contribution in [0.3, 0.4) is 0 Å². The molecule has 4 N–H and O–H groups in total. The molecule has 2 aromatic rings. The molecule has 2 aromatic carbocycles.